The quantitative estimate of drug-likeness (QED) is 0.805. The van der Waals surface area contributed by atoms with E-state index in [-0.39, 0.29) is 0 Å². The van der Waals surface area contributed by atoms with Crippen molar-refractivity contribution >= 4 is 5.52 Å². The van der Waals surface area contributed by atoms with Gasteiger partial charge in [0, 0.05) is 18.9 Å². The zero-order chi connectivity index (χ0) is 12.3. The van der Waals surface area contributed by atoms with Crippen LogP contribution in [0.1, 0.15) is 23.7 Å². The first-order valence-electron chi connectivity index (χ1n) is 5.69. The summed E-state index contributed by atoms with van der Waals surface area (Å²) >= 11 is 0. The van der Waals surface area contributed by atoms with E-state index in [4.69, 9.17) is 10.00 Å². The SMILES string of the molecule is CCc1c(C#N)nn2cc(CCOC)ccc12. The van der Waals surface area contributed by atoms with Crippen molar-refractivity contribution in [2.45, 2.75) is 19.8 Å². The van der Waals surface area contributed by atoms with Crippen LogP contribution in [0.2, 0.25) is 0 Å². The van der Waals surface area contributed by atoms with Gasteiger partial charge in [0.25, 0.3) is 0 Å². The van der Waals surface area contributed by atoms with Crippen LogP contribution in [0.25, 0.3) is 5.52 Å². The molecule has 4 heteroatoms. The lowest BCUT2D eigenvalue weighted by Gasteiger charge is -2.01. The van der Waals surface area contributed by atoms with Crippen molar-refractivity contribution in [3.05, 3.63) is 35.2 Å². The molecule has 0 spiro atoms. The van der Waals surface area contributed by atoms with Crippen molar-refractivity contribution < 1.29 is 4.74 Å². The molecule has 0 unspecified atom stereocenters. The lowest BCUT2D eigenvalue weighted by atomic mass is 10.1. The largest absolute Gasteiger partial charge is 0.384 e. The fourth-order valence-corrected chi connectivity index (χ4v) is 1.95. The highest BCUT2D eigenvalue weighted by Gasteiger charge is 2.10. The Hall–Kier alpha value is -1.86. The maximum absolute atomic E-state index is 9.02. The summed E-state index contributed by atoms with van der Waals surface area (Å²) < 4.78 is 6.84. The molecule has 0 fully saturated rings. The van der Waals surface area contributed by atoms with E-state index < -0.39 is 0 Å². The van der Waals surface area contributed by atoms with Gasteiger partial charge in [0.15, 0.2) is 5.69 Å². The minimum absolute atomic E-state index is 0.524. The zero-order valence-corrected chi connectivity index (χ0v) is 10.1. The van der Waals surface area contributed by atoms with E-state index in [1.165, 1.54) is 0 Å². The third-order valence-electron chi connectivity index (χ3n) is 2.85. The monoisotopic (exact) mass is 229 g/mol. The summed E-state index contributed by atoms with van der Waals surface area (Å²) in [7, 11) is 1.69. The molecule has 0 N–H and O–H groups in total. The Kier molecular flexibility index (Phi) is 3.40. The Morgan fingerprint density at radius 1 is 1.47 bits per heavy atom. The second-order valence-corrected chi connectivity index (χ2v) is 3.90. The minimum Gasteiger partial charge on any atom is -0.384 e. The van der Waals surface area contributed by atoms with Crippen LogP contribution in [0.15, 0.2) is 18.3 Å². The lowest BCUT2D eigenvalue weighted by Crippen LogP contribution is -1.97. The summed E-state index contributed by atoms with van der Waals surface area (Å²) in [6.45, 7) is 2.73. The van der Waals surface area contributed by atoms with Gasteiger partial charge in [-0.15, -0.1) is 0 Å². The molecule has 0 radical (unpaired) electrons. The number of aromatic nitrogens is 2. The number of nitriles is 1. The summed E-state index contributed by atoms with van der Waals surface area (Å²) in [4.78, 5) is 0. The van der Waals surface area contributed by atoms with E-state index in [9.17, 15) is 0 Å². The Bertz CT molecular complexity index is 566. The van der Waals surface area contributed by atoms with Crippen molar-refractivity contribution in [2.75, 3.05) is 13.7 Å². The summed E-state index contributed by atoms with van der Waals surface area (Å²) in [5, 5.41) is 13.3. The summed E-state index contributed by atoms with van der Waals surface area (Å²) in [6, 6.07) is 6.23. The van der Waals surface area contributed by atoms with Crippen LogP contribution in [-0.4, -0.2) is 23.3 Å². The summed E-state index contributed by atoms with van der Waals surface area (Å²) in [6.07, 6.45) is 3.65. The minimum atomic E-state index is 0.524. The van der Waals surface area contributed by atoms with Crippen LogP contribution in [0, 0.1) is 11.3 Å². The highest BCUT2D eigenvalue weighted by atomic mass is 16.5. The van der Waals surface area contributed by atoms with Gasteiger partial charge in [-0.1, -0.05) is 13.0 Å². The topological polar surface area (TPSA) is 50.3 Å². The molecule has 2 heterocycles. The average Bonchev–Trinajstić information content (AvgIpc) is 2.72. The number of hydrogen-bond acceptors (Lipinski definition) is 3. The first-order valence-corrected chi connectivity index (χ1v) is 5.69. The Balaban J connectivity index is 2.45. The molecular weight excluding hydrogens is 214 g/mol. The molecule has 0 saturated heterocycles. The van der Waals surface area contributed by atoms with Crippen LogP contribution < -0.4 is 0 Å². The summed E-state index contributed by atoms with van der Waals surface area (Å²) in [5.74, 6) is 0. The molecule has 0 saturated carbocycles. The maximum Gasteiger partial charge on any atom is 0.166 e. The maximum atomic E-state index is 9.02. The standard InChI is InChI=1S/C13H15N3O/c1-3-11-12(8-14)15-16-9-10(6-7-17-2)4-5-13(11)16/h4-5,9H,3,6-7H2,1-2H3. The number of ether oxygens (including phenoxy) is 1. The predicted molar refractivity (Wildman–Crippen MR) is 64.9 cm³/mol. The number of rotatable bonds is 4. The zero-order valence-electron chi connectivity index (χ0n) is 10.1. The second-order valence-electron chi connectivity index (χ2n) is 3.90. The van der Waals surface area contributed by atoms with Crippen molar-refractivity contribution in [1.82, 2.24) is 9.61 Å². The Labute approximate surface area is 100 Å². The van der Waals surface area contributed by atoms with Crippen LogP contribution in [0.4, 0.5) is 0 Å². The Morgan fingerprint density at radius 2 is 2.29 bits per heavy atom. The number of pyridine rings is 1. The van der Waals surface area contributed by atoms with Gasteiger partial charge >= 0.3 is 0 Å². The fourth-order valence-electron chi connectivity index (χ4n) is 1.95. The molecule has 0 atom stereocenters. The van der Waals surface area contributed by atoms with Gasteiger partial charge in [0.1, 0.15) is 6.07 Å². The second kappa shape index (κ2) is 4.98. The lowest BCUT2D eigenvalue weighted by molar-refractivity contribution is 0.202. The van der Waals surface area contributed by atoms with Gasteiger partial charge in [0.05, 0.1) is 12.1 Å². The van der Waals surface area contributed by atoms with Crippen molar-refractivity contribution in [3.63, 3.8) is 0 Å². The average molecular weight is 229 g/mol. The van der Waals surface area contributed by atoms with Crippen molar-refractivity contribution in [1.29, 1.82) is 5.26 Å². The summed E-state index contributed by atoms with van der Waals surface area (Å²) in [5.41, 5.74) is 3.72. The van der Waals surface area contributed by atoms with Crippen LogP contribution >= 0.6 is 0 Å². The van der Waals surface area contributed by atoms with E-state index >= 15 is 0 Å². The van der Waals surface area contributed by atoms with Crippen molar-refractivity contribution in [2.24, 2.45) is 0 Å². The molecule has 17 heavy (non-hydrogen) atoms. The van der Waals surface area contributed by atoms with Gasteiger partial charge in [-0.3, -0.25) is 0 Å². The number of aryl methyl sites for hydroxylation is 1. The van der Waals surface area contributed by atoms with Gasteiger partial charge in [-0.2, -0.15) is 10.4 Å². The highest BCUT2D eigenvalue weighted by Crippen LogP contribution is 2.17. The first kappa shape index (κ1) is 11.6. The smallest absolute Gasteiger partial charge is 0.166 e. The Morgan fingerprint density at radius 3 is 2.94 bits per heavy atom. The number of methoxy groups -OCH3 is 1. The fraction of sp³-hybridized carbons (Fsp3) is 0.385. The molecule has 0 aliphatic carbocycles. The number of nitrogens with zero attached hydrogens (tertiary/aromatic N) is 3. The third-order valence-corrected chi connectivity index (χ3v) is 2.85. The predicted octanol–water partition coefficient (Wildman–Crippen LogP) is 1.96. The highest BCUT2D eigenvalue weighted by molar-refractivity contribution is 5.59. The molecule has 88 valence electrons. The van der Waals surface area contributed by atoms with Crippen LogP contribution in [0.5, 0.6) is 0 Å². The van der Waals surface area contributed by atoms with Crippen molar-refractivity contribution in [3.8, 4) is 6.07 Å². The molecule has 0 amide bonds. The van der Waals surface area contributed by atoms with Gasteiger partial charge in [0.2, 0.25) is 0 Å². The molecule has 2 rings (SSSR count). The van der Waals surface area contributed by atoms with E-state index in [1.54, 1.807) is 11.6 Å². The molecule has 2 aromatic rings. The van der Waals surface area contributed by atoms with E-state index in [2.05, 4.69) is 17.2 Å². The molecule has 4 nitrogen and oxygen atoms in total. The van der Waals surface area contributed by atoms with E-state index in [0.717, 1.165) is 29.5 Å². The molecule has 0 aliphatic rings. The normalized spacial score (nSPS) is 10.6. The molecular formula is C13H15N3O. The van der Waals surface area contributed by atoms with Crippen LogP contribution in [0.3, 0.4) is 0 Å². The van der Waals surface area contributed by atoms with Gasteiger partial charge in [-0.25, -0.2) is 4.52 Å². The number of hydrogen-bond donors (Lipinski definition) is 0. The molecule has 0 aliphatic heterocycles. The third kappa shape index (κ3) is 2.15. The molecule has 0 bridgehead atoms. The van der Waals surface area contributed by atoms with Gasteiger partial charge < -0.3 is 4.74 Å². The number of fused-ring (bicyclic) bond motifs is 1. The van der Waals surface area contributed by atoms with Gasteiger partial charge in [-0.05, 0) is 24.5 Å². The first-order chi connectivity index (χ1) is 8.30. The molecule has 2 aromatic heterocycles. The van der Waals surface area contributed by atoms with Crippen LogP contribution in [-0.2, 0) is 17.6 Å². The van der Waals surface area contributed by atoms with E-state index in [1.807, 2.05) is 19.2 Å². The molecule has 0 aromatic carbocycles. The van der Waals surface area contributed by atoms with E-state index in [0.29, 0.717) is 12.3 Å².